The maximum atomic E-state index is 12.7. The van der Waals surface area contributed by atoms with Gasteiger partial charge in [0, 0.05) is 24.9 Å². The Morgan fingerprint density at radius 2 is 2.03 bits per heavy atom. The molecule has 150 valence electrons. The SMILES string of the molecule is Cc1sc2ncn(CCC(=O)NC(C)c3nc4ccccc4n3C)c(=O)c2c1C. The Balaban J connectivity index is 1.47. The fraction of sp³-hybridized carbons (Fsp3) is 0.333. The molecule has 0 fully saturated rings. The Labute approximate surface area is 172 Å². The summed E-state index contributed by atoms with van der Waals surface area (Å²) >= 11 is 1.52. The van der Waals surface area contributed by atoms with Crippen molar-refractivity contribution in [2.45, 2.75) is 39.8 Å². The van der Waals surface area contributed by atoms with Crippen LogP contribution in [0.4, 0.5) is 0 Å². The number of hydrogen-bond donors (Lipinski definition) is 1. The second-order valence-corrected chi connectivity index (χ2v) is 8.47. The lowest BCUT2D eigenvalue weighted by atomic mass is 10.2. The highest BCUT2D eigenvalue weighted by Gasteiger charge is 2.17. The third kappa shape index (κ3) is 3.44. The molecule has 0 saturated heterocycles. The third-order valence-corrected chi connectivity index (χ3v) is 6.44. The van der Waals surface area contributed by atoms with Gasteiger partial charge in [-0.05, 0) is 38.5 Å². The number of para-hydroxylation sites is 2. The molecule has 3 aromatic heterocycles. The van der Waals surface area contributed by atoms with Gasteiger partial charge in [-0.15, -0.1) is 11.3 Å². The van der Waals surface area contributed by atoms with Crippen LogP contribution in [0.15, 0.2) is 35.4 Å². The molecule has 4 aromatic rings. The van der Waals surface area contributed by atoms with Gasteiger partial charge in [-0.1, -0.05) is 12.1 Å². The summed E-state index contributed by atoms with van der Waals surface area (Å²) in [5.41, 5.74) is 2.80. The summed E-state index contributed by atoms with van der Waals surface area (Å²) in [4.78, 5) is 36.1. The number of nitrogens with zero attached hydrogens (tertiary/aromatic N) is 4. The van der Waals surface area contributed by atoms with Crippen LogP contribution in [0.5, 0.6) is 0 Å². The number of carbonyl (C=O) groups excluding carboxylic acids is 1. The molecule has 1 amide bonds. The highest BCUT2D eigenvalue weighted by molar-refractivity contribution is 7.18. The molecule has 3 heterocycles. The van der Waals surface area contributed by atoms with Gasteiger partial charge >= 0.3 is 0 Å². The number of rotatable bonds is 5. The van der Waals surface area contributed by atoms with E-state index in [2.05, 4.69) is 15.3 Å². The van der Waals surface area contributed by atoms with E-state index >= 15 is 0 Å². The fourth-order valence-corrected chi connectivity index (χ4v) is 4.57. The molecule has 0 aliphatic heterocycles. The van der Waals surface area contributed by atoms with E-state index in [-0.39, 0.29) is 30.5 Å². The first kappa shape index (κ1) is 19.3. The average molecular weight is 410 g/mol. The van der Waals surface area contributed by atoms with Crippen molar-refractivity contribution >= 4 is 38.5 Å². The third-order valence-electron chi connectivity index (χ3n) is 5.32. The number of aromatic nitrogens is 4. The van der Waals surface area contributed by atoms with Crippen LogP contribution in [0, 0.1) is 13.8 Å². The predicted molar refractivity (Wildman–Crippen MR) is 115 cm³/mol. The minimum Gasteiger partial charge on any atom is -0.346 e. The van der Waals surface area contributed by atoms with Gasteiger partial charge in [-0.25, -0.2) is 9.97 Å². The van der Waals surface area contributed by atoms with Crippen LogP contribution >= 0.6 is 11.3 Å². The number of carbonyl (C=O) groups is 1. The molecule has 1 N–H and O–H groups in total. The van der Waals surface area contributed by atoms with Gasteiger partial charge in [0.2, 0.25) is 5.91 Å². The lowest BCUT2D eigenvalue weighted by molar-refractivity contribution is -0.122. The number of aryl methyl sites for hydroxylation is 4. The molecular formula is C21H23N5O2S. The maximum Gasteiger partial charge on any atom is 0.262 e. The van der Waals surface area contributed by atoms with E-state index in [1.807, 2.05) is 56.7 Å². The highest BCUT2D eigenvalue weighted by Crippen LogP contribution is 2.25. The molecular weight excluding hydrogens is 386 g/mol. The highest BCUT2D eigenvalue weighted by atomic mass is 32.1. The van der Waals surface area contributed by atoms with Gasteiger partial charge in [0.15, 0.2) is 0 Å². The van der Waals surface area contributed by atoms with Gasteiger partial charge in [0.25, 0.3) is 5.56 Å². The van der Waals surface area contributed by atoms with Crippen molar-refractivity contribution in [2.75, 3.05) is 0 Å². The van der Waals surface area contributed by atoms with E-state index in [1.165, 1.54) is 22.2 Å². The van der Waals surface area contributed by atoms with Crippen LogP contribution < -0.4 is 10.9 Å². The summed E-state index contributed by atoms with van der Waals surface area (Å²) in [5.74, 6) is 0.666. The zero-order valence-electron chi connectivity index (χ0n) is 16.9. The van der Waals surface area contributed by atoms with Crippen molar-refractivity contribution in [1.82, 2.24) is 24.4 Å². The van der Waals surface area contributed by atoms with Gasteiger partial charge in [0.05, 0.1) is 28.8 Å². The molecule has 0 aliphatic rings. The van der Waals surface area contributed by atoms with Gasteiger partial charge in [-0.3, -0.25) is 14.2 Å². The lowest BCUT2D eigenvalue weighted by Crippen LogP contribution is -2.30. The normalized spacial score (nSPS) is 12.6. The molecule has 7 nitrogen and oxygen atoms in total. The molecule has 1 aromatic carbocycles. The summed E-state index contributed by atoms with van der Waals surface area (Å²) in [6, 6.07) is 7.64. The minimum absolute atomic E-state index is 0.0898. The number of amides is 1. The second kappa shape index (κ2) is 7.44. The molecule has 1 atom stereocenters. The van der Waals surface area contributed by atoms with Crippen LogP contribution in [-0.4, -0.2) is 25.0 Å². The van der Waals surface area contributed by atoms with Crippen LogP contribution in [0.2, 0.25) is 0 Å². The molecule has 0 radical (unpaired) electrons. The topological polar surface area (TPSA) is 81.8 Å². The largest absolute Gasteiger partial charge is 0.346 e. The molecule has 29 heavy (non-hydrogen) atoms. The summed E-state index contributed by atoms with van der Waals surface area (Å²) in [7, 11) is 1.94. The van der Waals surface area contributed by atoms with Crippen LogP contribution in [0.25, 0.3) is 21.3 Å². The van der Waals surface area contributed by atoms with Gasteiger partial charge in [-0.2, -0.15) is 0 Å². The predicted octanol–water partition coefficient (Wildman–Crippen LogP) is 3.23. The van der Waals surface area contributed by atoms with E-state index in [9.17, 15) is 9.59 Å². The molecule has 4 rings (SSSR count). The smallest absolute Gasteiger partial charge is 0.262 e. The van der Waals surface area contributed by atoms with E-state index in [0.717, 1.165) is 32.1 Å². The second-order valence-electron chi connectivity index (χ2n) is 7.26. The van der Waals surface area contributed by atoms with E-state index < -0.39 is 0 Å². The first-order valence-electron chi connectivity index (χ1n) is 9.52. The van der Waals surface area contributed by atoms with Crippen molar-refractivity contribution < 1.29 is 4.79 Å². The Bertz CT molecular complexity index is 1280. The average Bonchev–Trinajstić information content (AvgIpc) is 3.19. The monoisotopic (exact) mass is 409 g/mol. The minimum atomic E-state index is -0.237. The summed E-state index contributed by atoms with van der Waals surface area (Å²) in [6.07, 6.45) is 1.73. The summed E-state index contributed by atoms with van der Waals surface area (Å²) in [5, 5.41) is 3.64. The van der Waals surface area contributed by atoms with Crippen LogP contribution in [-0.2, 0) is 18.4 Å². The Hall–Kier alpha value is -3.00. The van der Waals surface area contributed by atoms with Gasteiger partial charge < -0.3 is 9.88 Å². The zero-order valence-corrected chi connectivity index (χ0v) is 17.7. The van der Waals surface area contributed by atoms with Crippen LogP contribution in [0.3, 0.4) is 0 Å². The molecule has 8 heteroatoms. The van der Waals surface area contributed by atoms with Crippen LogP contribution in [0.1, 0.15) is 35.7 Å². The molecule has 1 unspecified atom stereocenters. The Morgan fingerprint density at radius 1 is 1.28 bits per heavy atom. The van der Waals surface area contributed by atoms with Crippen molar-refractivity contribution in [1.29, 1.82) is 0 Å². The number of benzene rings is 1. The maximum absolute atomic E-state index is 12.7. The number of hydrogen-bond acceptors (Lipinski definition) is 5. The molecule has 0 spiro atoms. The first-order chi connectivity index (χ1) is 13.9. The number of imidazole rings is 1. The van der Waals surface area contributed by atoms with E-state index in [1.54, 1.807) is 0 Å². The number of fused-ring (bicyclic) bond motifs is 2. The Morgan fingerprint density at radius 3 is 2.79 bits per heavy atom. The lowest BCUT2D eigenvalue weighted by Gasteiger charge is -2.14. The quantitative estimate of drug-likeness (QED) is 0.549. The fourth-order valence-electron chi connectivity index (χ4n) is 3.58. The Kier molecular flexibility index (Phi) is 4.96. The standard InChI is InChI=1S/C21H23N5O2S/c1-12-14(3)29-20-18(12)21(28)26(11-22-20)10-9-17(27)23-13(2)19-24-15-7-5-6-8-16(15)25(19)4/h5-8,11,13H,9-10H2,1-4H3,(H,23,27). The zero-order chi connectivity index (χ0) is 20.7. The first-order valence-corrected chi connectivity index (χ1v) is 10.3. The van der Waals surface area contributed by atoms with E-state index in [4.69, 9.17) is 0 Å². The van der Waals surface area contributed by atoms with Crippen molar-refractivity contribution in [3.63, 3.8) is 0 Å². The number of nitrogens with one attached hydrogen (secondary N) is 1. The summed E-state index contributed by atoms with van der Waals surface area (Å²) in [6.45, 7) is 6.13. The van der Waals surface area contributed by atoms with Gasteiger partial charge in [0.1, 0.15) is 10.7 Å². The van der Waals surface area contributed by atoms with Crippen molar-refractivity contribution in [3.05, 3.63) is 57.2 Å². The summed E-state index contributed by atoms with van der Waals surface area (Å²) < 4.78 is 3.51. The molecule has 0 bridgehead atoms. The number of thiophene rings is 1. The molecule has 0 saturated carbocycles. The van der Waals surface area contributed by atoms with Crippen molar-refractivity contribution in [2.24, 2.45) is 7.05 Å². The van der Waals surface area contributed by atoms with Crippen molar-refractivity contribution in [3.8, 4) is 0 Å². The van der Waals surface area contributed by atoms with E-state index in [0.29, 0.717) is 5.39 Å². The molecule has 0 aliphatic carbocycles.